The molecule has 25 heavy (non-hydrogen) atoms. The fraction of sp³-hybridized carbons (Fsp3) is 0.450. The van der Waals surface area contributed by atoms with Crippen LogP contribution in [0.1, 0.15) is 25.5 Å². The minimum absolute atomic E-state index is 0.139. The van der Waals surface area contributed by atoms with Gasteiger partial charge in [0, 0.05) is 24.7 Å². The number of piperidine rings is 1. The van der Waals surface area contributed by atoms with E-state index in [4.69, 9.17) is 9.52 Å². The summed E-state index contributed by atoms with van der Waals surface area (Å²) in [6, 6.07) is 14.6. The van der Waals surface area contributed by atoms with Crippen LogP contribution in [0.5, 0.6) is 0 Å². The molecule has 5 nitrogen and oxygen atoms in total. The van der Waals surface area contributed by atoms with Gasteiger partial charge in [-0.15, -0.1) is 0 Å². The van der Waals surface area contributed by atoms with E-state index >= 15 is 0 Å². The summed E-state index contributed by atoms with van der Waals surface area (Å²) in [5.74, 6) is 1.15. The van der Waals surface area contributed by atoms with Crippen LogP contribution >= 0.6 is 0 Å². The van der Waals surface area contributed by atoms with Gasteiger partial charge in [-0.1, -0.05) is 37.3 Å². The Kier molecular flexibility index (Phi) is 5.89. The monoisotopic (exact) mass is 342 g/mol. The lowest BCUT2D eigenvalue weighted by Gasteiger charge is -2.37. The highest BCUT2D eigenvalue weighted by atomic mass is 16.4. The van der Waals surface area contributed by atoms with E-state index < -0.39 is 5.97 Å². The van der Waals surface area contributed by atoms with Crippen molar-refractivity contribution in [3.8, 4) is 11.3 Å². The van der Waals surface area contributed by atoms with E-state index in [0.29, 0.717) is 6.04 Å². The molecule has 2 aromatic rings. The van der Waals surface area contributed by atoms with Crippen LogP contribution in [0.25, 0.3) is 11.3 Å². The van der Waals surface area contributed by atoms with Gasteiger partial charge in [0.1, 0.15) is 11.5 Å². The van der Waals surface area contributed by atoms with Gasteiger partial charge in [-0.05, 0) is 31.5 Å². The van der Waals surface area contributed by atoms with Gasteiger partial charge < -0.3 is 9.52 Å². The summed E-state index contributed by atoms with van der Waals surface area (Å²) in [4.78, 5) is 15.4. The Hall–Kier alpha value is -2.11. The second-order valence-corrected chi connectivity index (χ2v) is 6.60. The van der Waals surface area contributed by atoms with E-state index in [0.717, 1.165) is 56.1 Å². The van der Waals surface area contributed by atoms with Crippen molar-refractivity contribution in [2.45, 2.75) is 32.4 Å². The zero-order valence-electron chi connectivity index (χ0n) is 14.7. The first kappa shape index (κ1) is 17.7. The van der Waals surface area contributed by atoms with Crippen LogP contribution in [0.4, 0.5) is 0 Å². The number of furan rings is 1. The molecule has 5 heteroatoms. The Morgan fingerprint density at radius 1 is 1.20 bits per heavy atom. The molecule has 1 fully saturated rings. The van der Waals surface area contributed by atoms with E-state index in [1.54, 1.807) is 0 Å². The number of aliphatic carboxylic acids is 1. The molecule has 0 aliphatic carbocycles. The molecule has 0 saturated carbocycles. The van der Waals surface area contributed by atoms with Crippen LogP contribution in [-0.4, -0.2) is 53.1 Å². The molecule has 3 rings (SSSR count). The van der Waals surface area contributed by atoms with Gasteiger partial charge in [0.15, 0.2) is 0 Å². The van der Waals surface area contributed by atoms with Crippen LogP contribution in [0.15, 0.2) is 46.9 Å². The molecule has 1 saturated heterocycles. The molecule has 0 unspecified atom stereocenters. The third-order valence-electron chi connectivity index (χ3n) is 4.92. The smallest absolute Gasteiger partial charge is 0.317 e. The summed E-state index contributed by atoms with van der Waals surface area (Å²) >= 11 is 0. The normalized spacial score (nSPS) is 16.4. The Morgan fingerprint density at radius 2 is 1.92 bits per heavy atom. The van der Waals surface area contributed by atoms with E-state index in [1.165, 1.54) is 0 Å². The van der Waals surface area contributed by atoms with Crippen molar-refractivity contribution in [3.05, 3.63) is 48.2 Å². The minimum atomic E-state index is -0.742. The predicted octanol–water partition coefficient (Wildman–Crippen LogP) is 3.32. The summed E-state index contributed by atoms with van der Waals surface area (Å²) in [6.07, 6.45) is 2.01. The van der Waals surface area contributed by atoms with Gasteiger partial charge in [0.25, 0.3) is 0 Å². The Bertz CT molecular complexity index is 675. The zero-order chi connectivity index (χ0) is 17.6. The van der Waals surface area contributed by atoms with Crippen LogP contribution in [0, 0.1) is 0 Å². The number of likely N-dealkylation sites (N-methyl/N-ethyl adjacent to an activating group) is 1. The molecule has 1 aromatic carbocycles. The molecular formula is C20H26N2O3. The van der Waals surface area contributed by atoms with Gasteiger partial charge >= 0.3 is 5.97 Å². The van der Waals surface area contributed by atoms with Crippen LogP contribution < -0.4 is 0 Å². The lowest BCUT2D eigenvalue weighted by atomic mass is 10.0. The summed E-state index contributed by atoms with van der Waals surface area (Å²) in [5, 5.41) is 9.02. The number of carboxylic acids is 1. The molecule has 2 heterocycles. The van der Waals surface area contributed by atoms with Gasteiger partial charge in [0.05, 0.1) is 13.1 Å². The maximum atomic E-state index is 11.0. The Labute approximate surface area is 148 Å². The molecule has 0 amide bonds. The summed E-state index contributed by atoms with van der Waals surface area (Å²) in [7, 11) is 0. The Morgan fingerprint density at radius 3 is 2.56 bits per heavy atom. The van der Waals surface area contributed by atoms with E-state index in [-0.39, 0.29) is 6.54 Å². The maximum absolute atomic E-state index is 11.0. The first-order valence-electron chi connectivity index (χ1n) is 8.98. The molecule has 1 aliphatic rings. The van der Waals surface area contributed by atoms with Gasteiger partial charge in [-0.2, -0.15) is 0 Å². The number of likely N-dealkylation sites (tertiary alicyclic amines) is 1. The van der Waals surface area contributed by atoms with Gasteiger partial charge in [0.2, 0.25) is 0 Å². The van der Waals surface area contributed by atoms with Crippen molar-refractivity contribution < 1.29 is 14.3 Å². The zero-order valence-corrected chi connectivity index (χ0v) is 14.7. The third kappa shape index (κ3) is 4.71. The Balaban J connectivity index is 1.52. The number of hydrogen-bond acceptors (Lipinski definition) is 4. The number of rotatable bonds is 7. The van der Waals surface area contributed by atoms with Crippen molar-refractivity contribution in [3.63, 3.8) is 0 Å². The van der Waals surface area contributed by atoms with E-state index in [9.17, 15) is 4.79 Å². The fourth-order valence-corrected chi connectivity index (χ4v) is 3.56. The number of benzene rings is 1. The number of carboxylic acid groups (broad SMARTS) is 1. The highest BCUT2D eigenvalue weighted by Crippen LogP contribution is 2.24. The first-order chi connectivity index (χ1) is 12.2. The quantitative estimate of drug-likeness (QED) is 0.836. The number of hydrogen-bond donors (Lipinski definition) is 1. The average molecular weight is 342 g/mol. The topological polar surface area (TPSA) is 56.9 Å². The van der Waals surface area contributed by atoms with Gasteiger partial charge in [-0.3, -0.25) is 14.6 Å². The van der Waals surface area contributed by atoms with Crippen molar-refractivity contribution in [1.29, 1.82) is 0 Å². The molecule has 134 valence electrons. The predicted molar refractivity (Wildman–Crippen MR) is 97.3 cm³/mol. The summed E-state index contributed by atoms with van der Waals surface area (Å²) in [5.41, 5.74) is 1.10. The number of nitrogens with zero attached hydrogens (tertiary/aromatic N) is 2. The van der Waals surface area contributed by atoms with Crippen molar-refractivity contribution in [2.24, 2.45) is 0 Å². The van der Waals surface area contributed by atoms with Crippen LogP contribution in [-0.2, 0) is 11.3 Å². The standard InChI is InChI=1S/C20H26N2O3/c1-2-22(15-20(23)24)17-10-12-21(13-11-17)14-18-8-9-19(25-18)16-6-4-3-5-7-16/h3-9,17H,2,10-15H2,1H3,(H,23,24). The molecule has 1 N–H and O–H groups in total. The number of carbonyl (C=O) groups is 1. The lowest BCUT2D eigenvalue weighted by Crippen LogP contribution is -2.46. The van der Waals surface area contributed by atoms with Crippen molar-refractivity contribution in [1.82, 2.24) is 9.80 Å². The third-order valence-corrected chi connectivity index (χ3v) is 4.92. The van der Waals surface area contributed by atoms with E-state index in [2.05, 4.69) is 28.0 Å². The molecule has 1 aliphatic heterocycles. The molecule has 0 atom stereocenters. The second-order valence-electron chi connectivity index (χ2n) is 6.60. The summed E-state index contributed by atoms with van der Waals surface area (Å²) in [6.45, 7) is 5.72. The molecule has 0 bridgehead atoms. The van der Waals surface area contributed by atoms with Gasteiger partial charge in [-0.25, -0.2) is 0 Å². The summed E-state index contributed by atoms with van der Waals surface area (Å²) < 4.78 is 5.99. The minimum Gasteiger partial charge on any atom is -0.480 e. The molecular weight excluding hydrogens is 316 g/mol. The maximum Gasteiger partial charge on any atom is 0.317 e. The lowest BCUT2D eigenvalue weighted by molar-refractivity contribution is -0.139. The largest absolute Gasteiger partial charge is 0.480 e. The van der Waals surface area contributed by atoms with Crippen LogP contribution in [0.2, 0.25) is 0 Å². The van der Waals surface area contributed by atoms with E-state index in [1.807, 2.05) is 31.2 Å². The highest BCUT2D eigenvalue weighted by Gasteiger charge is 2.25. The van der Waals surface area contributed by atoms with Crippen molar-refractivity contribution >= 4 is 5.97 Å². The molecule has 1 aromatic heterocycles. The fourth-order valence-electron chi connectivity index (χ4n) is 3.56. The van der Waals surface area contributed by atoms with Crippen LogP contribution in [0.3, 0.4) is 0 Å². The second kappa shape index (κ2) is 8.32. The molecule has 0 radical (unpaired) electrons. The average Bonchev–Trinajstić information content (AvgIpc) is 3.09. The SMILES string of the molecule is CCN(CC(=O)O)C1CCN(Cc2ccc(-c3ccccc3)o2)CC1. The first-order valence-corrected chi connectivity index (χ1v) is 8.98. The van der Waals surface area contributed by atoms with Crippen molar-refractivity contribution in [2.75, 3.05) is 26.2 Å². The highest BCUT2D eigenvalue weighted by molar-refractivity contribution is 5.69. The molecule has 0 spiro atoms.